The molecule has 1 aliphatic heterocycles. The summed E-state index contributed by atoms with van der Waals surface area (Å²) in [6.07, 6.45) is 5.91. The summed E-state index contributed by atoms with van der Waals surface area (Å²) in [5.74, 6) is -0.163. The first-order valence-corrected chi connectivity index (χ1v) is 11.5. The van der Waals surface area contributed by atoms with Gasteiger partial charge in [0.15, 0.2) is 0 Å². The number of aryl methyl sites for hydroxylation is 1. The first-order chi connectivity index (χ1) is 13.6. The molecule has 0 bridgehead atoms. The zero-order valence-corrected chi connectivity index (χ0v) is 16.7. The highest BCUT2D eigenvalue weighted by Gasteiger charge is 2.26. The van der Waals surface area contributed by atoms with E-state index in [0.717, 1.165) is 38.5 Å². The van der Waals surface area contributed by atoms with E-state index in [4.69, 9.17) is 0 Å². The largest absolute Gasteiger partial charge is 0.345 e. The molecule has 6 heteroatoms. The van der Waals surface area contributed by atoms with Crippen LogP contribution in [0.5, 0.6) is 0 Å². The van der Waals surface area contributed by atoms with Gasteiger partial charge < -0.3 is 5.32 Å². The minimum Gasteiger partial charge on any atom is -0.345 e. The zero-order valence-electron chi connectivity index (χ0n) is 15.9. The van der Waals surface area contributed by atoms with Crippen LogP contribution >= 0.6 is 0 Å². The summed E-state index contributed by atoms with van der Waals surface area (Å²) >= 11 is 0. The molecule has 1 aliphatic carbocycles. The molecule has 0 unspecified atom stereocenters. The summed E-state index contributed by atoms with van der Waals surface area (Å²) in [7, 11) is -3.47. The lowest BCUT2D eigenvalue weighted by Gasteiger charge is -2.27. The second kappa shape index (κ2) is 8.05. The summed E-state index contributed by atoms with van der Waals surface area (Å²) in [4.78, 5) is 13.0. The summed E-state index contributed by atoms with van der Waals surface area (Å²) in [6.45, 7) is 1.15. The van der Waals surface area contributed by atoms with Crippen molar-refractivity contribution in [3.8, 4) is 0 Å². The number of amides is 1. The number of nitrogens with zero attached hydrogens (tertiary/aromatic N) is 1. The van der Waals surface area contributed by atoms with Crippen molar-refractivity contribution < 1.29 is 13.2 Å². The number of piperidine rings is 1. The number of sulfonamides is 1. The molecule has 0 aromatic heterocycles. The van der Waals surface area contributed by atoms with E-state index in [-0.39, 0.29) is 16.8 Å². The van der Waals surface area contributed by atoms with Crippen LogP contribution in [0.15, 0.2) is 53.4 Å². The Bertz CT molecular complexity index is 948. The monoisotopic (exact) mass is 398 g/mol. The van der Waals surface area contributed by atoms with Gasteiger partial charge in [-0.25, -0.2) is 8.42 Å². The topological polar surface area (TPSA) is 66.5 Å². The summed E-state index contributed by atoms with van der Waals surface area (Å²) in [5, 5.41) is 3.11. The van der Waals surface area contributed by atoms with Crippen LogP contribution in [0, 0.1) is 0 Å². The minimum atomic E-state index is -3.47. The van der Waals surface area contributed by atoms with E-state index in [1.165, 1.54) is 11.1 Å². The Kier molecular flexibility index (Phi) is 5.51. The standard InChI is InChI=1S/C22H26N2O3S/c25-22(23-21-10-6-8-17-7-2-3-9-20(17)21)18-11-13-19(14-12-18)28(26,27)24-15-4-1-5-16-24/h2-3,7,9,11-14,21H,1,4-6,8,10,15-16H2,(H,23,25)/t21-/m0/s1. The van der Waals surface area contributed by atoms with Gasteiger partial charge >= 0.3 is 0 Å². The average Bonchev–Trinajstić information content (AvgIpc) is 2.75. The van der Waals surface area contributed by atoms with E-state index < -0.39 is 10.0 Å². The molecule has 1 amide bonds. The number of nitrogens with one attached hydrogen (secondary N) is 1. The summed E-state index contributed by atoms with van der Waals surface area (Å²) < 4.78 is 27.0. The molecule has 1 atom stereocenters. The molecule has 0 spiro atoms. The third-order valence-electron chi connectivity index (χ3n) is 5.74. The van der Waals surface area contributed by atoms with Crippen molar-refractivity contribution in [1.82, 2.24) is 9.62 Å². The van der Waals surface area contributed by atoms with Gasteiger partial charge in [0.05, 0.1) is 10.9 Å². The van der Waals surface area contributed by atoms with Gasteiger partial charge in [0.25, 0.3) is 5.91 Å². The molecule has 5 nitrogen and oxygen atoms in total. The molecule has 1 saturated heterocycles. The Labute approximate surface area is 166 Å². The SMILES string of the molecule is O=C(N[C@H]1CCCc2ccccc21)c1ccc(S(=O)(=O)N2CCCCC2)cc1. The van der Waals surface area contributed by atoms with Crippen LogP contribution < -0.4 is 5.32 Å². The van der Waals surface area contributed by atoms with Crippen molar-refractivity contribution in [3.05, 3.63) is 65.2 Å². The quantitative estimate of drug-likeness (QED) is 0.855. The number of carbonyl (C=O) groups is 1. The fraction of sp³-hybridized carbons (Fsp3) is 0.409. The Morgan fingerprint density at radius 1 is 0.929 bits per heavy atom. The minimum absolute atomic E-state index is 0.00853. The van der Waals surface area contributed by atoms with Gasteiger partial charge in [0, 0.05) is 18.7 Å². The lowest BCUT2D eigenvalue weighted by atomic mass is 9.87. The normalized spacial score (nSPS) is 20.4. The summed E-state index contributed by atoms with van der Waals surface area (Å²) in [6, 6.07) is 14.6. The highest BCUT2D eigenvalue weighted by Crippen LogP contribution is 2.29. The van der Waals surface area contributed by atoms with Crippen LogP contribution in [-0.2, 0) is 16.4 Å². The molecular weight excluding hydrogens is 372 g/mol. The van der Waals surface area contributed by atoms with Crippen LogP contribution in [0.3, 0.4) is 0 Å². The van der Waals surface area contributed by atoms with Crippen LogP contribution in [0.2, 0.25) is 0 Å². The van der Waals surface area contributed by atoms with E-state index in [0.29, 0.717) is 18.7 Å². The third-order valence-corrected chi connectivity index (χ3v) is 7.66. The number of fused-ring (bicyclic) bond motifs is 1. The predicted molar refractivity (Wildman–Crippen MR) is 109 cm³/mol. The van der Waals surface area contributed by atoms with Gasteiger partial charge in [0.2, 0.25) is 10.0 Å². The highest BCUT2D eigenvalue weighted by molar-refractivity contribution is 7.89. The Hall–Kier alpha value is -2.18. The molecule has 4 rings (SSSR count). The maximum atomic E-state index is 12.7. The van der Waals surface area contributed by atoms with Gasteiger partial charge in [-0.15, -0.1) is 0 Å². The molecule has 1 fully saturated rings. The number of carbonyl (C=O) groups excluding carboxylic acids is 1. The predicted octanol–water partition coefficient (Wildman–Crippen LogP) is 3.67. The second-order valence-electron chi connectivity index (χ2n) is 7.61. The van der Waals surface area contributed by atoms with Gasteiger partial charge in [-0.05, 0) is 67.5 Å². The van der Waals surface area contributed by atoms with Crippen molar-refractivity contribution >= 4 is 15.9 Å². The molecule has 1 heterocycles. The van der Waals surface area contributed by atoms with Crippen LogP contribution in [0.25, 0.3) is 0 Å². The van der Waals surface area contributed by atoms with E-state index in [9.17, 15) is 13.2 Å². The van der Waals surface area contributed by atoms with Crippen LogP contribution in [-0.4, -0.2) is 31.7 Å². The Balaban J connectivity index is 1.48. The number of benzene rings is 2. The highest BCUT2D eigenvalue weighted by atomic mass is 32.2. The molecule has 148 valence electrons. The summed E-state index contributed by atoms with van der Waals surface area (Å²) in [5.41, 5.74) is 2.97. The Morgan fingerprint density at radius 2 is 1.64 bits per heavy atom. The van der Waals surface area contributed by atoms with Crippen molar-refractivity contribution in [1.29, 1.82) is 0 Å². The Morgan fingerprint density at radius 3 is 2.39 bits per heavy atom. The van der Waals surface area contributed by atoms with E-state index in [2.05, 4.69) is 17.4 Å². The molecule has 2 aliphatic rings. The van der Waals surface area contributed by atoms with Gasteiger partial charge in [-0.3, -0.25) is 4.79 Å². The molecule has 2 aromatic rings. The van der Waals surface area contributed by atoms with Gasteiger partial charge in [-0.1, -0.05) is 30.7 Å². The fourth-order valence-electron chi connectivity index (χ4n) is 4.18. The van der Waals surface area contributed by atoms with Gasteiger partial charge in [0.1, 0.15) is 0 Å². The van der Waals surface area contributed by atoms with Crippen molar-refractivity contribution in [2.75, 3.05) is 13.1 Å². The first kappa shape index (κ1) is 19.2. The lowest BCUT2D eigenvalue weighted by molar-refractivity contribution is 0.0932. The lowest BCUT2D eigenvalue weighted by Crippen LogP contribution is -2.35. The fourth-order valence-corrected chi connectivity index (χ4v) is 5.70. The average molecular weight is 399 g/mol. The van der Waals surface area contributed by atoms with E-state index in [1.54, 1.807) is 28.6 Å². The number of hydrogen-bond acceptors (Lipinski definition) is 3. The van der Waals surface area contributed by atoms with Crippen LogP contribution in [0.1, 0.15) is 59.6 Å². The number of hydrogen-bond donors (Lipinski definition) is 1. The maximum Gasteiger partial charge on any atom is 0.251 e. The molecule has 28 heavy (non-hydrogen) atoms. The molecule has 1 N–H and O–H groups in total. The van der Waals surface area contributed by atoms with Crippen molar-refractivity contribution in [3.63, 3.8) is 0 Å². The molecular formula is C22H26N2O3S. The zero-order chi connectivity index (χ0) is 19.6. The smallest absolute Gasteiger partial charge is 0.251 e. The molecule has 0 saturated carbocycles. The van der Waals surface area contributed by atoms with Crippen LogP contribution in [0.4, 0.5) is 0 Å². The first-order valence-electron chi connectivity index (χ1n) is 10.0. The van der Waals surface area contributed by atoms with E-state index in [1.807, 2.05) is 12.1 Å². The van der Waals surface area contributed by atoms with Gasteiger partial charge in [-0.2, -0.15) is 4.31 Å². The third kappa shape index (κ3) is 3.84. The van der Waals surface area contributed by atoms with E-state index >= 15 is 0 Å². The maximum absolute atomic E-state index is 12.7. The molecule has 2 aromatic carbocycles. The van der Waals surface area contributed by atoms with Crippen molar-refractivity contribution in [2.24, 2.45) is 0 Å². The van der Waals surface area contributed by atoms with Crippen molar-refractivity contribution in [2.45, 2.75) is 49.5 Å². The number of rotatable bonds is 4. The molecule has 0 radical (unpaired) electrons. The second-order valence-corrected chi connectivity index (χ2v) is 9.54.